The predicted octanol–water partition coefficient (Wildman–Crippen LogP) is 2.65. The molecule has 0 aliphatic rings. The van der Waals surface area contributed by atoms with Crippen molar-refractivity contribution < 1.29 is 21.8 Å². The van der Waals surface area contributed by atoms with Gasteiger partial charge in [-0.1, -0.05) is 31.5 Å². The topological polar surface area (TPSA) is 9.23 Å². The van der Waals surface area contributed by atoms with Gasteiger partial charge in [-0.15, -0.1) is 0 Å². The SMILES string of the molecule is CCCc1ccccc1OC.[Mn]. The van der Waals surface area contributed by atoms with Gasteiger partial charge in [0.05, 0.1) is 7.11 Å². The summed E-state index contributed by atoms with van der Waals surface area (Å²) in [5, 5.41) is 0. The van der Waals surface area contributed by atoms with E-state index in [0.717, 1.165) is 12.2 Å². The summed E-state index contributed by atoms with van der Waals surface area (Å²) >= 11 is 0. The van der Waals surface area contributed by atoms with Gasteiger partial charge in [-0.25, -0.2) is 0 Å². The second-order valence-corrected chi connectivity index (χ2v) is 2.56. The second kappa shape index (κ2) is 6.10. The molecule has 1 rings (SSSR count). The van der Waals surface area contributed by atoms with E-state index >= 15 is 0 Å². The van der Waals surface area contributed by atoms with Gasteiger partial charge in [-0.3, -0.25) is 0 Å². The van der Waals surface area contributed by atoms with E-state index in [0.29, 0.717) is 0 Å². The van der Waals surface area contributed by atoms with Gasteiger partial charge in [0.15, 0.2) is 0 Å². The van der Waals surface area contributed by atoms with Gasteiger partial charge in [0.2, 0.25) is 0 Å². The third-order valence-corrected chi connectivity index (χ3v) is 1.71. The van der Waals surface area contributed by atoms with Crippen LogP contribution in [0.1, 0.15) is 18.9 Å². The van der Waals surface area contributed by atoms with E-state index in [2.05, 4.69) is 13.0 Å². The number of para-hydroxylation sites is 1. The molecule has 1 radical (unpaired) electrons. The van der Waals surface area contributed by atoms with Crippen LogP contribution in [0, 0.1) is 0 Å². The Balaban J connectivity index is 0.00000121. The minimum absolute atomic E-state index is 0. The summed E-state index contributed by atoms with van der Waals surface area (Å²) in [6, 6.07) is 8.17. The van der Waals surface area contributed by atoms with Gasteiger partial charge >= 0.3 is 0 Å². The van der Waals surface area contributed by atoms with E-state index < -0.39 is 0 Å². The van der Waals surface area contributed by atoms with Gasteiger partial charge in [0.1, 0.15) is 5.75 Å². The third kappa shape index (κ3) is 2.88. The first-order valence-corrected chi connectivity index (χ1v) is 4.00. The molecule has 67 valence electrons. The molecule has 1 aromatic carbocycles. The van der Waals surface area contributed by atoms with Crippen LogP contribution in [0.15, 0.2) is 24.3 Å². The quantitative estimate of drug-likeness (QED) is 0.689. The average molecular weight is 205 g/mol. The van der Waals surface area contributed by atoms with Crippen LogP contribution in [0.4, 0.5) is 0 Å². The first kappa shape index (κ1) is 11.5. The van der Waals surface area contributed by atoms with Crippen LogP contribution >= 0.6 is 0 Å². The molecular formula is C10H14MnO. The maximum Gasteiger partial charge on any atom is 0.122 e. The smallest absolute Gasteiger partial charge is 0.122 e. The van der Waals surface area contributed by atoms with E-state index in [1.54, 1.807) is 7.11 Å². The molecule has 0 aliphatic carbocycles. The summed E-state index contributed by atoms with van der Waals surface area (Å²) in [7, 11) is 1.72. The Labute approximate surface area is 84.6 Å². The Morgan fingerprint density at radius 3 is 2.50 bits per heavy atom. The number of hydrogen-bond acceptors (Lipinski definition) is 1. The number of benzene rings is 1. The van der Waals surface area contributed by atoms with Crippen LogP contribution in [0.5, 0.6) is 5.75 Å². The Morgan fingerprint density at radius 1 is 1.25 bits per heavy atom. The predicted molar refractivity (Wildman–Crippen MR) is 47.0 cm³/mol. The first-order chi connectivity index (χ1) is 5.38. The summed E-state index contributed by atoms with van der Waals surface area (Å²) in [6.07, 6.45) is 2.27. The van der Waals surface area contributed by atoms with E-state index in [4.69, 9.17) is 4.74 Å². The number of rotatable bonds is 3. The Bertz CT molecular complexity index is 223. The molecule has 2 heteroatoms. The molecule has 0 saturated heterocycles. The number of aryl methyl sites for hydroxylation is 1. The summed E-state index contributed by atoms with van der Waals surface area (Å²) < 4.78 is 5.20. The van der Waals surface area contributed by atoms with Gasteiger partial charge in [0, 0.05) is 17.1 Å². The average Bonchev–Trinajstić information content (AvgIpc) is 2.06. The van der Waals surface area contributed by atoms with E-state index in [1.165, 1.54) is 12.0 Å². The number of hydrogen-bond donors (Lipinski definition) is 0. The maximum atomic E-state index is 5.20. The van der Waals surface area contributed by atoms with Crippen molar-refractivity contribution in [3.05, 3.63) is 29.8 Å². The summed E-state index contributed by atoms with van der Waals surface area (Å²) in [5.41, 5.74) is 1.30. The van der Waals surface area contributed by atoms with Crippen molar-refractivity contribution in [3.8, 4) is 5.75 Å². The van der Waals surface area contributed by atoms with Crippen molar-refractivity contribution in [3.63, 3.8) is 0 Å². The van der Waals surface area contributed by atoms with Crippen LogP contribution in [0.25, 0.3) is 0 Å². The molecule has 0 saturated carbocycles. The first-order valence-electron chi connectivity index (χ1n) is 4.00. The van der Waals surface area contributed by atoms with Crippen molar-refractivity contribution in [1.29, 1.82) is 0 Å². The minimum Gasteiger partial charge on any atom is -0.496 e. The zero-order valence-corrected chi connectivity index (χ0v) is 8.69. The fourth-order valence-corrected chi connectivity index (χ4v) is 1.18. The van der Waals surface area contributed by atoms with Crippen LogP contribution in [0.3, 0.4) is 0 Å². The van der Waals surface area contributed by atoms with E-state index in [1.807, 2.05) is 18.2 Å². The van der Waals surface area contributed by atoms with Crippen molar-refractivity contribution in [2.24, 2.45) is 0 Å². The van der Waals surface area contributed by atoms with Crippen LogP contribution in [0.2, 0.25) is 0 Å². The van der Waals surface area contributed by atoms with Crippen LogP contribution in [-0.4, -0.2) is 7.11 Å². The van der Waals surface area contributed by atoms with Crippen molar-refractivity contribution in [2.75, 3.05) is 7.11 Å². The molecule has 0 fully saturated rings. The summed E-state index contributed by atoms with van der Waals surface area (Å²) in [5.74, 6) is 1.01. The Hall–Kier alpha value is -0.461. The molecule has 0 bridgehead atoms. The Morgan fingerprint density at radius 2 is 1.92 bits per heavy atom. The van der Waals surface area contributed by atoms with E-state index in [-0.39, 0.29) is 17.1 Å². The molecule has 0 aliphatic heterocycles. The maximum absolute atomic E-state index is 5.20. The van der Waals surface area contributed by atoms with Crippen molar-refractivity contribution >= 4 is 0 Å². The van der Waals surface area contributed by atoms with Crippen LogP contribution < -0.4 is 4.74 Å². The monoisotopic (exact) mass is 205 g/mol. The van der Waals surface area contributed by atoms with Gasteiger partial charge < -0.3 is 4.74 Å². The molecule has 1 aromatic rings. The van der Waals surface area contributed by atoms with Crippen molar-refractivity contribution in [2.45, 2.75) is 19.8 Å². The fourth-order valence-electron chi connectivity index (χ4n) is 1.18. The van der Waals surface area contributed by atoms with Gasteiger partial charge in [-0.05, 0) is 18.1 Å². The fraction of sp³-hybridized carbons (Fsp3) is 0.400. The normalized spacial score (nSPS) is 8.83. The number of methoxy groups -OCH3 is 1. The molecule has 0 spiro atoms. The molecule has 0 unspecified atom stereocenters. The van der Waals surface area contributed by atoms with Gasteiger partial charge in [-0.2, -0.15) is 0 Å². The van der Waals surface area contributed by atoms with E-state index in [9.17, 15) is 0 Å². The molecule has 12 heavy (non-hydrogen) atoms. The zero-order chi connectivity index (χ0) is 8.10. The van der Waals surface area contributed by atoms with Crippen LogP contribution in [-0.2, 0) is 23.5 Å². The number of ether oxygens (including phenoxy) is 1. The molecular weight excluding hydrogens is 191 g/mol. The molecule has 0 amide bonds. The zero-order valence-electron chi connectivity index (χ0n) is 7.51. The van der Waals surface area contributed by atoms with Crippen molar-refractivity contribution in [1.82, 2.24) is 0 Å². The Kier molecular flexibility index (Phi) is 5.87. The molecule has 0 N–H and O–H groups in total. The summed E-state index contributed by atoms with van der Waals surface area (Å²) in [4.78, 5) is 0. The molecule has 0 heterocycles. The molecule has 0 aromatic heterocycles. The van der Waals surface area contributed by atoms with Gasteiger partial charge in [0.25, 0.3) is 0 Å². The molecule has 0 atom stereocenters. The largest absolute Gasteiger partial charge is 0.496 e. The second-order valence-electron chi connectivity index (χ2n) is 2.56. The standard InChI is InChI=1S/C10H14O.Mn/c1-3-6-9-7-4-5-8-10(9)11-2;/h4-5,7-8H,3,6H2,1-2H3;. The summed E-state index contributed by atoms with van der Waals surface area (Å²) in [6.45, 7) is 2.17. The molecule has 1 nitrogen and oxygen atoms in total. The minimum atomic E-state index is 0. The third-order valence-electron chi connectivity index (χ3n) is 1.71.